The highest BCUT2D eigenvalue weighted by Gasteiger charge is 2.28. The van der Waals surface area contributed by atoms with E-state index in [0.717, 1.165) is 24.5 Å². The lowest BCUT2D eigenvalue weighted by Crippen LogP contribution is -2.38. The highest BCUT2D eigenvalue weighted by atomic mass is 32.1. The van der Waals surface area contributed by atoms with E-state index in [9.17, 15) is 5.11 Å². The molecule has 1 N–H and O–H groups in total. The van der Waals surface area contributed by atoms with Gasteiger partial charge in [0.25, 0.3) is 0 Å². The Labute approximate surface area is 173 Å². The van der Waals surface area contributed by atoms with E-state index in [1.54, 1.807) is 36.3 Å². The summed E-state index contributed by atoms with van der Waals surface area (Å²) in [5, 5.41) is 9.77. The van der Waals surface area contributed by atoms with E-state index in [4.69, 9.17) is 0 Å². The van der Waals surface area contributed by atoms with E-state index in [0.29, 0.717) is 6.04 Å². The number of rotatable bonds is 3. The molecule has 0 radical (unpaired) electrons. The minimum atomic E-state index is -0.932. The second-order valence-corrected chi connectivity index (χ2v) is 9.74. The lowest BCUT2D eigenvalue weighted by Gasteiger charge is -2.27. The molecule has 1 fully saturated rings. The quantitative estimate of drug-likeness (QED) is 0.807. The van der Waals surface area contributed by atoms with E-state index in [1.165, 1.54) is 37.2 Å². The van der Waals surface area contributed by atoms with Crippen molar-refractivity contribution in [3.05, 3.63) is 57.3 Å². The van der Waals surface area contributed by atoms with Gasteiger partial charge in [0.2, 0.25) is 0 Å². The zero-order chi connectivity index (χ0) is 19.6. The standard InChI is InChI=1S/C24H30N2OS/c1-24(2,27)11-10-22-8-9-23(28-22)18-25-12-5-13-26(15-14-25)21-16-19-6-3-4-7-20(19)17-21/h3-4,6-9,21,27H,5,12-18H2,1-2H3. The summed E-state index contributed by atoms with van der Waals surface area (Å²) in [7, 11) is 0. The molecule has 4 heteroatoms. The van der Waals surface area contributed by atoms with E-state index < -0.39 is 5.60 Å². The second-order valence-electron chi connectivity index (χ2n) is 8.57. The van der Waals surface area contributed by atoms with Crippen LogP contribution in [0.25, 0.3) is 0 Å². The summed E-state index contributed by atoms with van der Waals surface area (Å²) in [6, 6.07) is 13.9. The number of hydrogen-bond acceptors (Lipinski definition) is 4. The third-order valence-corrected chi connectivity index (χ3v) is 6.69. The Morgan fingerprint density at radius 2 is 1.79 bits per heavy atom. The molecule has 1 saturated heterocycles. The van der Waals surface area contributed by atoms with E-state index in [1.807, 2.05) is 0 Å². The molecular formula is C24H30N2OS. The maximum Gasteiger partial charge on any atom is 0.120 e. The Morgan fingerprint density at radius 3 is 2.50 bits per heavy atom. The van der Waals surface area contributed by atoms with Gasteiger partial charge in [-0.15, -0.1) is 11.3 Å². The summed E-state index contributed by atoms with van der Waals surface area (Å²) in [5.41, 5.74) is 2.16. The predicted molar refractivity (Wildman–Crippen MR) is 117 cm³/mol. The van der Waals surface area contributed by atoms with Crippen LogP contribution in [0.2, 0.25) is 0 Å². The molecule has 2 heterocycles. The van der Waals surface area contributed by atoms with E-state index in [-0.39, 0.29) is 0 Å². The largest absolute Gasteiger partial charge is 0.378 e. The molecule has 1 aliphatic heterocycles. The Balaban J connectivity index is 1.31. The van der Waals surface area contributed by atoms with Crippen molar-refractivity contribution >= 4 is 11.3 Å². The van der Waals surface area contributed by atoms with Gasteiger partial charge >= 0.3 is 0 Å². The molecule has 3 nitrogen and oxygen atoms in total. The first-order valence-corrected chi connectivity index (χ1v) is 11.2. The minimum Gasteiger partial charge on any atom is -0.378 e. The summed E-state index contributed by atoms with van der Waals surface area (Å²) >= 11 is 1.75. The lowest BCUT2D eigenvalue weighted by atomic mass is 10.1. The highest BCUT2D eigenvalue weighted by molar-refractivity contribution is 7.12. The van der Waals surface area contributed by atoms with Crippen molar-refractivity contribution in [3.8, 4) is 11.8 Å². The normalized spacial score (nSPS) is 19.1. The number of nitrogens with zero attached hydrogens (tertiary/aromatic N) is 2. The molecule has 1 aromatic heterocycles. The van der Waals surface area contributed by atoms with Crippen LogP contribution in [-0.4, -0.2) is 52.7 Å². The molecule has 0 saturated carbocycles. The van der Waals surface area contributed by atoms with Crippen LogP contribution in [0.1, 0.15) is 41.1 Å². The van der Waals surface area contributed by atoms with Crippen molar-refractivity contribution in [3.63, 3.8) is 0 Å². The van der Waals surface area contributed by atoms with Crippen LogP contribution in [-0.2, 0) is 19.4 Å². The molecule has 1 aromatic carbocycles. The van der Waals surface area contributed by atoms with Crippen molar-refractivity contribution < 1.29 is 5.11 Å². The van der Waals surface area contributed by atoms with Crippen molar-refractivity contribution in [2.45, 2.75) is 51.3 Å². The van der Waals surface area contributed by atoms with Crippen LogP contribution in [0.5, 0.6) is 0 Å². The average Bonchev–Trinajstić information content (AvgIpc) is 3.21. The summed E-state index contributed by atoms with van der Waals surface area (Å²) in [5.74, 6) is 6.00. The topological polar surface area (TPSA) is 26.7 Å². The van der Waals surface area contributed by atoms with Crippen molar-refractivity contribution in [1.29, 1.82) is 0 Å². The Morgan fingerprint density at radius 1 is 1.04 bits per heavy atom. The van der Waals surface area contributed by atoms with Gasteiger partial charge in [0, 0.05) is 30.6 Å². The fourth-order valence-corrected chi connectivity index (χ4v) is 5.18. The van der Waals surface area contributed by atoms with E-state index in [2.05, 4.69) is 58.0 Å². The molecule has 1 aliphatic carbocycles. The summed E-state index contributed by atoms with van der Waals surface area (Å²) < 4.78 is 0. The Bertz CT molecular complexity index is 845. The SMILES string of the molecule is CC(C)(O)C#Cc1ccc(CN2CCCN(C3Cc4ccccc4C3)CC2)s1. The molecule has 0 bridgehead atoms. The third kappa shape index (κ3) is 5.04. The molecule has 0 spiro atoms. The first-order chi connectivity index (χ1) is 13.5. The maximum absolute atomic E-state index is 9.77. The van der Waals surface area contributed by atoms with Crippen LogP contribution in [0.4, 0.5) is 0 Å². The zero-order valence-electron chi connectivity index (χ0n) is 16.9. The predicted octanol–water partition coefficient (Wildman–Crippen LogP) is 3.55. The van der Waals surface area contributed by atoms with Crippen LogP contribution < -0.4 is 0 Å². The third-order valence-electron chi connectivity index (χ3n) is 5.70. The molecule has 2 aromatic rings. The van der Waals surface area contributed by atoms with Gasteiger partial charge in [0.15, 0.2) is 0 Å². The molecule has 0 atom stereocenters. The van der Waals surface area contributed by atoms with Gasteiger partial charge in [-0.25, -0.2) is 0 Å². The molecule has 4 rings (SSSR count). The minimum absolute atomic E-state index is 0.683. The van der Waals surface area contributed by atoms with Gasteiger partial charge in [0.1, 0.15) is 5.60 Å². The lowest BCUT2D eigenvalue weighted by molar-refractivity contribution is 0.143. The summed E-state index contributed by atoms with van der Waals surface area (Å²) in [4.78, 5) is 7.70. The number of aliphatic hydroxyl groups is 1. The van der Waals surface area contributed by atoms with Crippen molar-refractivity contribution in [2.24, 2.45) is 0 Å². The molecular weight excluding hydrogens is 364 g/mol. The van der Waals surface area contributed by atoms with Gasteiger partial charge in [0.05, 0.1) is 4.88 Å². The van der Waals surface area contributed by atoms with Crippen LogP contribution in [0.3, 0.4) is 0 Å². The van der Waals surface area contributed by atoms with Crippen LogP contribution in [0.15, 0.2) is 36.4 Å². The fourth-order valence-electron chi connectivity index (χ4n) is 4.27. The van der Waals surface area contributed by atoms with E-state index >= 15 is 0 Å². The highest BCUT2D eigenvalue weighted by Crippen LogP contribution is 2.26. The monoisotopic (exact) mass is 394 g/mol. The molecule has 28 heavy (non-hydrogen) atoms. The first-order valence-electron chi connectivity index (χ1n) is 10.3. The number of benzene rings is 1. The molecule has 2 aliphatic rings. The number of thiophene rings is 1. The van der Waals surface area contributed by atoms with Crippen LogP contribution in [0, 0.1) is 11.8 Å². The number of fused-ring (bicyclic) bond motifs is 1. The Kier molecular flexibility index (Phi) is 5.89. The smallest absolute Gasteiger partial charge is 0.120 e. The number of hydrogen-bond donors (Lipinski definition) is 1. The van der Waals surface area contributed by atoms with Crippen molar-refractivity contribution in [1.82, 2.24) is 9.80 Å². The van der Waals surface area contributed by atoms with Gasteiger partial charge in [-0.1, -0.05) is 36.1 Å². The molecule has 148 valence electrons. The van der Waals surface area contributed by atoms with Gasteiger partial charge in [-0.3, -0.25) is 9.80 Å². The molecule has 0 amide bonds. The Hall–Kier alpha value is -1.64. The fraction of sp³-hybridized carbons (Fsp3) is 0.500. The van der Waals surface area contributed by atoms with Gasteiger partial charge < -0.3 is 5.11 Å². The zero-order valence-corrected chi connectivity index (χ0v) is 17.8. The summed E-state index contributed by atoms with van der Waals surface area (Å²) in [6.45, 7) is 9.12. The van der Waals surface area contributed by atoms with Gasteiger partial charge in [-0.05, 0) is 69.5 Å². The van der Waals surface area contributed by atoms with Gasteiger partial charge in [-0.2, -0.15) is 0 Å². The van der Waals surface area contributed by atoms with Crippen molar-refractivity contribution in [2.75, 3.05) is 26.2 Å². The average molecular weight is 395 g/mol. The second kappa shape index (κ2) is 8.39. The summed E-state index contributed by atoms with van der Waals surface area (Å²) in [6.07, 6.45) is 3.66. The first kappa shape index (κ1) is 19.7. The van der Waals surface area contributed by atoms with Crippen LogP contribution >= 0.6 is 11.3 Å². The molecule has 0 unspecified atom stereocenters. The maximum atomic E-state index is 9.77.